The standard InChI is InChI=1S/C27H31N5O3/c1-19(2)15-16-28-27(34)26(24-14-13-20(3)35-24)31(17-21-9-5-4-6-10-21)25(33)18-32-23-12-8-7-11-22(23)29-30-32/h4-14,19,26H,15-18H2,1-3H3,(H,28,34). The van der Waals surface area contributed by atoms with Gasteiger partial charge in [-0.15, -0.1) is 5.10 Å². The van der Waals surface area contributed by atoms with Crippen LogP contribution in [0.2, 0.25) is 0 Å². The number of furan rings is 1. The molecule has 4 rings (SSSR count). The molecule has 8 heteroatoms. The molecule has 35 heavy (non-hydrogen) atoms. The lowest BCUT2D eigenvalue weighted by Gasteiger charge is -2.30. The van der Waals surface area contributed by atoms with Crippen LogP contribution < -0.4 is 5.32 Å². The second-order valence-electron chi connectivity index (χ2n) is 9.07. The van der Waals surface area contributed by atoms with Gasteiger partial charge in [-0.3, -0.25) is 9.59 Å². The van der Waals surface area contributed by atoms with Crippen LogP contribution in [0.5, 0.6) is 0 Å². The summed E-state index contributed by atoms with van der Waals surface area (Å²) in [6.07, 6.45) is 0.840. The highest BCUT2D eigenvalue weighted by Crippen LogP contribution is 2.26. The van der Waals surface area contributed by atoms with Crippen molar-refractivity contribution in [1.29, 1.82) is 0 Å². The second kappa shape index (κ2) is 11.0. The van der Waals surface area contributed by atoms with Crippen molar-refractivity contribution < 1.29 is 14.0 Å². The first kappa shape index (κ1) is 24.2. The van der Waals surface area contributed by atoms with Gasteiger partial charge in [-0.25, -0.2) is 4.68 Å². The van der Waals surface area contributed by atoms with Crippen molar-refractivity contribution in [2.75, 3.05) is 6.54 Å². The van der Waals surface area contributed by atoms with Gasteiger partial charge in [0.05, 0.1) is 5.52 Å². The fourth-order valence-electron chi connectivity index (χ4n) is 3.96. The topological polar surface area (TPSA) is 93.3 Å². The Morgan fingerprint density at radius 1 is 1.03 bits per heavy atom. The molecule has 0 saturated heterocycles. The molecular formula is C27H31N5O3. The van der Waals surface area contributed by atoms with Gasteiger partial charge in [0.25, 0.3) is 5.91 Å². The van der Waals surface area contributed by atoms with E-state index in [2.05, 4.69) is 29.5 Å². The Kier molecular flexibility index (Phi) is 7.60. The molecule has 0 aliphatic rings. The van der Waals surface area contributed by atoms with E-state index in [-0.39, 0.29) is 24.9 Å². The molecule has 2 heterocycles. The van der Waals surface area contributed by atoms with Crippen LogP contribution in [0.3, 0.4) is 0 Å². The minimum Gasteiger partial charge on any atom is -0.464 e. The van der Waals surface area contributed by atoms with Crippen molar-refractivity contribution in [3.05, 3.63) is 83.8 Å². The Morgan fingerprint density at radius 2 is 1.77 bits per heavy atom. The molecule has 1 atom stereocenters. The lowest BCUT2D eigenvalue weighted by Crippen LogP contribution is -2.44. The van der Waals surface area contributed by atoms with E-state index in [1.165, 1.54) is 0 Å². The van der Waals surface area contributed by atoms with Gasteiger partial charge in [0, 0.05) is 13.1 Å². The third kappa shape index (κ3) is 5.95. The van der Waals surface area contributed by atoms with Gasteiger partial charge < -0.3 is 14.6 Å². The van der Waals surface area contributed by atoms with Crippen LogP contribution in [0, 0.1) is 12.8 Å². The van der Waals surface area contributed by atoms with E-state index < -0.39 is 6.04 Å². The summed E-state index contributed by atoms with van der Waals surface area (Å²) in [7, 11) is 0. The van der Waals surface area contributed by atoms with E-state index in [0.29, 0.717) is 29.5 Å². The van der Waals surface area contributed by atoms with E-state index in [1.54, 1.807) is 21.7 Å². The Labute approximate surface area is 204 Å². The average molecular weight is 474 g/mol. The predicted molar refractivity (Wildman–Crippen MR) is 133 cm³/mol. The zero-order valence-electron chi connectivity index (χ0n) is 20.3. The lowest BCUT2D eigenvalue weighted by molar-refractivity contribution is -0.143. The van der Waals surface area contributed by atoms with Gasteiger partial charge >= 0.3 is 0 Å². The molecule has 2 aromatic heterocycles. The minimum absolute atomic E-state index is 0.0528. The molecule has 0 spiro atoms. The highest BCUT2D eigenvalue weighted by Gasteiger charge is 2.34. The predicted octanol–water partition coefficient (Wildman–Crippen LogP) is 4.27. The number of nitrogens with zero attached hydrogens (tertiary/aromatic N) is 4. The van der Waals surface area contributed by atoms with E-state index in [9.17, 15) is 9.59 Å². The van der Waals surface area contributed by atoms with Crippen LogP contribution in [0.4, 0.5) is 0 Å². The van der Waals surface area contributed by atoms with Crippen molar-refractivity contribution in [2.45, 2.75) is 46.3 Å². The highest BCUT2D eigenvalue weighted by atomic mass is 16.3. The van der Waals surface area contributed by atoms with Crippen molar-refractivity contribution in [2.24, 2.45) is 5.92 Å². The third-order valence-electron chi connectivity index (χ3n) is 5.83. The number of fused-ring (bicyclic) bond motifs is 1. The third-order valence-corrected chi connectivity index (χ3v) is 5.83. The first-order valence-corrected chi connectivity index (χ1v) is 11.9. The zero-order chi connectivity index (χ0) is 24.8. The lowest BCUT2D eigenvalue weighted by atomic mass is 10.1. The van der Waals surface area contributed by atoms with E-state index in [0.717, 1.165) is 17.5 Å². The van der Waals surface area contributed by atoms with Crippen molar-refractivity contribution in [1.82, 2.24) is 25.2 Å². The van der Waals surface area contributed by atoms with Crippen LogP contribution >= 0.6 is 0 Å². The van der Waals surface area contributed by atoms with Crippen molar-refractivity contribution in [3.8, 4) is 0 Å². The summed E-state index contributed by atoms with van der Waals surface area (Å²) in [5.41, 5.74) is 2.37. The smallest absolute Gasteiger partial charge is 0.250 e. The highest BCUT2D eigenvalue weighted by molar-refractivity contribution is 5.88. The summed E-state index contributed by atoms with van der Waals surface area (Å²) < 4.78 is 7.45. The van der Waals surface area contributed by atoms with Crippen LogP contribution in [0.25, 0.3) is 11.0 Å². The van der Waals surface area contributed by atoms with Crippen LogP contribution in [0.1, 0.15) is 43.4 Å². The number of hydrogen-bond acceptors (Lipinski definition) is 5. The maximum Gasteiger partial charge on any atom is 0.250 e. The van der Waals surface area contributed by atoms with Gasteiger partial charge in [-0.1, -0.05) is 61.5 Å². The fourth-order valence-corrected chi connectivity index (χ4v) is 3.96. The molecule has 0 aliphatic heterocycles. The summed E-state index contributed by atoms with van der Waals surface area (Å²) in [6, 6.07) is 19.7. The Hall–Kier alpha value is -3.94. The number of carbonyl (C=O) groups is 2. The molecular weight excluding hydrogens is 442 g/mol. The van der Waals surface area contributed by atoms with Gasteiger partial charge in [0.15, 0.2) is 6.04 Å². The number of para-hydroxylation sites is 1. The maximum atomic E-state index is 13.8. The summed E-state index contributed by atoms with van der Waals surface area (Å²) in [5, 5.41) is 11.3. The van der Waals surface area contributed by atoms with E-state index in [1.807, 2.05) is 61.5 Å². The number of amides is 2. The number of nitrogens with one attached hydrogen (secondary N) is 1. The first-order valence-electron chi connectivity index (χ1n) is 11.9. The number of aryl methyl sites for hydroxylation is 1. The monoisotopic (exact) mass is 473 g/mol. The van der Waals surface area contributed by atoms with E-state index >= 15 is 0 Å². The number of benzene rings is 2. The van der Waals surface area contributed by atoms with Crippen molar-refractivity contribution >= 4 is 22.8 Å². The molecule has 1 unspecified atom stereocenters. The summed E-state index contributed by atoms with van der Waals surface area (Å²) >= 11 is 0. The molecule has 0 radical (unpaired) electrons. The SMILES string of the molecule is Cc1ccc(C(C(=O)NCCC(C)C)N(Cc2ccccc2)C(=O)Cn2nnc3ccccc32)o1. The molecule has 0 saturated carbocycles. The number of hydrogen-bond donors (Lipinski definition) is 1. The molecule has 0 bridgehead atoms. The molecule has 2 amide bonds. The van der Waals surface area contributed by atoms with E-state index in [4.69, 9.17) is 4.42 Å². The molecule has 1 N–H and O–H groups in total. The zero-order valence-corrected chi connectivity index (χ0v) is 20.3. The van der Waals surface area contributed by atoms with Crippen molar-refractivity contribution in [3.63, 3.8) is 0 Å². The maximum absolute atomic E-state index is 13.8. The average Bonchev–Trinajstić information content (AvgIpc) is 3.45. The fraction of sp³-hybridized carbons (Fsp3) is 0.333. The summed E-state index contributed by atoms with van der Waals surface area (Å²) in [4.78, 5) is 28.8. The Bertz CT molecular complexity index is 1280. The second-order valence-corrected chi connectivity index (χ2v) is 9.07. The number of carbonyl (C=O) groups excluding carboxylic acids is 2. The van der Waals surface area contributed by atoms with Gasteiger partial charge in [0.2, 0.25) is 5.91 Å². The summed E-state index contributed by atoms with van der Waals surface area (Å²) in [6.45, 7) is 6.74. The molecule has 182 valence electrons. The number of aromatic nitrogens is 3. The van der Waals surface area contributed by atoms with Gasteiger partial charge in [-0.2, -0.15) is 0 Å². The molecule has 4 aromatic rings. The van der Waals surface area contributed by atoms with Crippen LogP contribution in [0.15, 0.2) is 71.1 Å². The first-order chi connectivity index (χ1) is 16.9. The molecule has 8 nitrogen and oxygen atoms in total. The quantitative estimate of drug-likeness (QED) is 0.371. The normalized spacial score (nSPS) is 12.1. The van der Waals surface area contributed by atoms with Crippen LogP contribution in [-0.4, -0.2) is 38.3 Å². The molecule has 2 aromatic carbocycles. The van der Waals surface area contributed by atoms with Gasteiger partial charge in [-0.05, 0) is 49.1 Å². The molecule has 0 aliphatic carbocycles. The minimum atomic E-state index is -0.918. The molecule has 0 fully saturated rings. The van der Waals surface area contributed by atoms with Crippen LogP contribution in [-0.2, 0) is 22.7 Å². The largest absolute Gasteiger partial charge is 0.464 e. The van der Waals surface area contributed by atoms with Gasteiger partial charge in [0.1, 0.15) is 23.6 Å². The Morgan fingerprint density at radius 3 is 2.49 bits per heavy atom. The number of rotatable bonds is 10. The summed E-state index contributed by atoms with van der Waals surface area (Å²) in [5.74, 6) is 1.02. The Balaban J connectivity index is 1.68.